The standard InChI is InChI=1S/C23H24N2O3/c1-16-8-9-17(10-11-21-27-13-4-14-28-21)19(15-16)23(26)25-20-7-2-5-18-6-3-12-24-22(18)20/h2-3,5-9,12,15,21H,4,10-11,13-14H2,1H3,(H,25,26). The third-order valence-corrected chi connectivity index (χ3v) is 4.94. The van der Waals surface area contributed by atoms with Crippen molar-refractivity contribution in [3.8, 4) is 0 Å². The number of nitrogens with one attached hydrogen (secondary N) is 1. The molecule has 1 aromatic heterocycles. The lowest BCUT2D eigenvalue weighted by Gasteiger charge is -2.23. The highest BCUT2D eigenvalue weighted by Crippen LogP contribution is 2.23. The van der Waals surface area contributed by atoms with E-state index in [1.54, 1.807) is 6.20 Å². The molecule has 1 saturated heterocycles. The average molecular weight is 376 g/mol. The quantitative estimate of drug-likeness (QED) is 0.713. The van der Waals surface area contributed by atoms with Gasteiger partial charge < -0.3 is 14.8 Å². The zero-order chi connectivity index (χ0) is 19.3. The Hall–Kier alpha value is -2.76. The van der Waals surface area contributed by atoms with Crippen molar-refractivity contribution in [2.24, 2.45) is 0 Å². The van der Waals surface area contributed by atoms with E-state index in [2.05, 4.69) is 10.3 Å². The Morgan fingerprint density at radius 2 is 1.96 bits per heavy atom. The lowest BCUT2D eigenvalue weighted by molar-refractivity contribution is -0.180. The Labute approximate surface area is 164 Å². The van der Waals surface area contributed by atoms with Crippen molar-refractivity contribution in [3.05, 3.63) is 71.4 Å². The van der Waals surface area contributed by atoms with E-state index in [-0.39, 0.29) is 12.2 Å². The van der Waals surface area contributed by atoms with Crippen LogP contribution in [-0.2, 0) is 15.9 Å². The van der Waals surface area contributed by atoms with Crippen LogP contribution in [0.1, 0.15) is 34.3 Å². The van der Waals surface area contributed by atoms with Crippen LogP contribution in [0.3, 0.4) is 0 Å². The summed E-state index contributed by atoms with van der Waals surface area (Å²) in [5, 5.41) is 4.04. The number of carbonyl (C=O) groups is 1. The second-order valence-electron chi connectivity index (χ2n) is 7.06. The van der Waals surface area contributed by atoms with Crippen molar-refractivity contribution < 1.29 is 14.3 Å². The van der Waals surface area contributed by atoms with E-state index >= 15 is 0 Å². The number of rotatable bonds is 5. The fourth-order valence-corrected chi connectivity index (χ4v) is 3.49. The van der Waals surface area contributed by atoms with Crippen LogP contribution in [0.25, 0.3) is 10.9 Å². The number of nitrogens with zero attached hydrogens (tertiary/aromatic N) is 1. The molecule has 28 heavy (non-hydrogen) atoms. The SMILES string of the molecule is Cc1ccc(CCC2OCCCO2)c(C(=O)Nc2cccc3cccnc23)c1. The molecular formula is C23H24N2O3. The number of amides is 1. The predicted molar refractivity (Wildman–Crippen MR) is 110 cm³/mol. The second-order valence-corrected chi connectivity index (χ2v) is 7.06. The van der Waals surface area contributed by atoms with Crippen LogP contribution in [0.15, 0.2) is 54.7 Å². The second kappa shape index (κ2) is 8.50. The van der Waals surface area contributed by atoms with E-state index in [1.165, 1.54) is 0 Å². The molecule has 2 heterocycles. The summed E-state index contributed by atoms with van der Waals surface area (Å²) in [6.45, 7) is 3.47. The molecule has 0 spiro atoms. The first-order chi connectivity index (χ1) is 13.7. The van der Waals surface area contributed by atoms with Crippen LogP contribution < -0.4 is 5.32 Å². The summed E-state index contributed by atoms with van der Waals surface area (Å²) in [4.78, 5) is 17.5. The van der Waals surface area contributed by atoms with Gasteiger partial charge >= 0.3 is 0 Å². The van der Waals surface area contributed by atoms with E-state index in [9.17, 15) is 4.79 Å². The summed E-state index contributed by atoms with van der Waals surface area (Å²) in [5.74, 6) is -0.123. The zero-order valence-electron chi connectivity index (χ0n) is 16.0. The molecule has 5 heteroatoms. The number of anilines is 1. The molecule has 1 aliphatic rings. The Morgan fingerprint density at radius 1 is 1.14 bits per heavy atom. The number of benzene rings is 2. The maximum atomic E-state index is 13.1. The molecule has 3 aromatic rings. The van der Waals surface area contributed by atoms with Gasteiger partial charge in [-0.15, -0.1) is 0 Å². The first-order valence-corrected chi connectivity index (χ1v) is 9.68. The normalized spacial score (nSPS) is 14.9. The van der Waals surface area contributed by atoms with E-state index in [0.29, 0.717) is 5.56 Å². The molecule has 4 rings (SSSR count). The Kier molecular flexibility index (Phi) is 5.65. The lowest BCUT2D eigenvalue weighted by Crippen LogP contribution is -2.25. The molecule has 0 aliphatic carbocycles. The molecule has 1 fully saturated rings. The highest BCUT2D eigenvalue weighted by Gasteiger charge is 2.18. The molecule has 0 atom stereocenters. The van der Waals surface area contributed by atoms with Gasteiger partial charge in [-0.05, 0) is 43.5 Å². The van der Waals surface area contributed by atoms with E-state index in [1.807, 2.05) is 55.5 Å². The van der Waals surface area contributed by atoms with Gasteiger partial charge in [0, 0.05) is 23.6 Å². The van der Waals surface area contributed by atoms with Crippen molar-refractivity contribution in [1.82, 2.24) is 4.98 Å². The molecule has 5 nitrogen and oxygen atoms in total. The predicted octanol–water partition coefficient (Wildman–Crippen LogP) is 4.49. The van der Waals surface area contributed by atoms with Gasteiger partial charge in [-0.1, -0.05) is 35.9 Å². The van der Waals surface area contributed by atoms with Gasteiger partial charge in [-0.25, -0.2) is 0 Å². The first kappa shape index (κ1) is 18.6. The van der Waals surface area contributed by atoms with Crippen molar-refractivity contribution in [2.45, 2.75) is 32.5 Å². The first-order valence-electron chi connectivity index (χ1n) is 9.68. The molecule has 0 bridgehead atoms. The number of aromatic nitrogens is 1. The number of para-hydroxylation sites is 1. The van der Waals surface area contributed by atoms with Crippen LogP contribution in [0.5, 0.6) is 0 Å². The van der Waals surface area contributed by atoms with Crippen LogP contribution in [0.4, 0.5) is 5.69 Å². The number of fused-ring (bicyclic) bond motifs is 1. The average Bonchev–Trinajstić information content (AvgIpc) is 2.74. The van der Waals surface area contributed by atoms with Crippen LogP contribution >= 0.6 is 0 Å². The number of pyridine rings is 1. The Bertz CT molecular complexity index is 975. The van der Waals surface area contributed by atoms with Gasteiger partial charge in [-0.3, -0.25) is 9.78 Å². The fraction of sp³-hybridized carbons (Fsp3) is 0.304. The van der Waals surface area contributed by atoms with Gasteiger partial charge in [0.1, 0.15) is 0 Å². The van der Waals surface area contributed by atoms with Crippen molar-refractivity contribution in [1.29, 1.82) is 0 Å². The Balaban J connectivity index is 1.55. The highest BCUT2D eigenvalue weighted by atomic mass is 16.7. The molecule has 0 radical (unpaired) electrons. The maximum Gasteiger partial charge on any atom is 0.256 e. The van der Waals surface area contributed by atoms with Gasteiger partial charge in [0.05, 0.1) is 24.4 Å². The number of ether oxygens (including phenoxy) is 2. The third-order valence-electron chi connectivity index (χ3n) is 4.94. The van der Waals surface area contributed by atoms with Gasteiger partial charge in [0.2, 0.25) is 0 Å². The molecule has 0 saturated carbocycles. The van der Waals surface area contributed by atoms with Crippen molar-refractivity contribution >= 4 is 22.5 Å². The fourth-order valence-electron chi connectivity index (χ4n) is 3.49. The summed E-state index contributed by atoms with van der Waals surface area (Å²) in [6.07, 6.45) is 3.95. The Morgan fingerprint density at radius 3 is 2.82 bits per heavy atom. The minimum atomic E-state index is -0.187. The van der Waals surface area contributed by atoms with Crippen molar-refractivity contribution in [3.63, 3.8) is 0 Å². The molecule has 1 N–H and O–H groups in total. The van der Waals surface area contributed by atoms with Crippen molar-refractivity contribution in [2.75, 3.05) is 18.5 Å². The highest BCUT2D eigenvalue weighted by molar-refractivity contribution is 6.09. The minimum Gasteiger partial charge on any atom is -0.353 e. The summed E-state index contributed by atoms with van der Waals surface area (Å²) in [5.41, 5.74) is 4.24. The third kappa shape index (κ3) is 4.21. The molecule has 2 aromatic carbocycles. The zero-order valence-corrected chi connectivity index (χ0v) is 16.0. The van der Waals surface area contributed by atoms with Crippen LogP contribution in [-0.4, -0.2) is 30.4 Å². The van der Waals surface area contributed by atoms with Gasteiger partial charge in [0.15, 0.2) is 6.29 Å². The number of carbonyl (C=O) groups excluding carboxylic acids is 1. The van der Waals surface area contributed by atoms with E-state index < -0.39 is 0 Å². The monoisotopic (exact) mass is 376 g/mol. The lowest BCUT2D eigenvalue weighted by atomic mass is 9.99. The summed E-state index contributed by atoms with van der Waals surface area (Å²) in [7, 11) is 0. The van der Waals surface area contributed by atoms with E-state index in [0.717, 1.165) is 60.2 Å². The number of aryl methyl sites for hydroxylation is 2. The molecule has 0 unspecified atom stereocenters. The molecule has 144 valence electrons. The minimum absolute atomic E-state index is 0.123. The van der Waals surface area contributed by atoms with Gasteiger partial charge in [0.25, 0.3) is 5.91 Å². The summed E-state index contributed by atoms with van der Waals surface area (Å²) >= 11 is 0. The van der Waals surface area contributed by atoms with Gasteiger partial charge in [-0.2, -0.15) is 0 Å². The van der Waals surface area contributed by atoms with Crippen LogP contribution in [0.2, 0.25) is 0 Å². The largest absolute Gasteiger partial charge is 0.353 e. The smallest absolute Gasteiger partial charge is 0.256 e. The number of hydrogen-bond donors (Lipinski definition) is 1. The summed E-state index contributed by atoms with van der Waals surface area (Å²) < 4.78 is 11.3. The topological polar surface area (TPSA) is 60.5 Å². The molecule has 1 amide bonds. The molecular weight excluding hydrogens is 352 g/mol. The number of hydrogen-bond acceptors (Lipinski definition) is 4. The molecule has 1 aliphatic heterocycles. The van der Waals surface area contributed by atoms with E-state index in [4.69, 9.17) is 9.47 Å². The van der Waals surface area contributed by atoms with Crippen LogP contribution in [0, 0.1) is 6.92 Å². The summed E-state index contributed by atoms with van der Waals surface area (Å²) in [6, 6.07) is 15.7. The maximum absolute atomic E-state index is 13.1.